The summed E-state index contributed by atoms with van der Waals surface area (Å²) in [7, 11) is 0. The van der Waals surface area contributed by atoms with Crippen molar-refractivity contribution in [2.45, 2.75) is 19.3 Å². The van der Waals surface area contributed by atoms with Crippen LogP contribution in [-0.2, 0) is 16.0 Å². The van der Waals surface area contributed by atoms with Gasteiger partial charge in [-0.3, -0.25) is 14.6 Å². The Morgan fingerprint density at radius 3 is 2.65 bits per heavy atom. The van der Waals surface area contributed by atoms with Crippen molar-refractivity contribution >= 4 is 11.8 Å². The third-order valence-electron chi connectivity index (χ3n) is 5.42. The fourth-order valence-corrected chi connectivity index (χ4v) is 3.63. The number of benzene rings is 1. The first-order chi connectivity index (χ1) is 15.2. The highest BCUT2D eigenvalue weighted by Gasteiger charge is 2.20. The van der Waals surface area contributed by atoms with Crippen LogP contribution in [0.15, 0.2) is 48.9 Å². The molecule has 0 radical (unpaired) electrons. The van der Waals surface area contributed by atoms with Gasteiger partial charge in [-0.25, -0.2) is 4.98 Å². The number of aromatic nitrogens is 2. The molecule has 166 valence electrons. The predicted octanol–water partition coefficient (Wildman–Crippen LogP) is -0.0270. The number of amides is 2. The summed E-state index contributed by atoms with van der Waals surface area (Å²) in [5.41, 5.74) is 1.50. The van der Waals surface area contributed by atoms with Crippen LogP contribution in [0.4, 0.5) is 0 Å². The largest absolute Gasteiger partial charge is 0.370 e. The van der Waals surface area contributed by atoms with E-state index in [0.29, 0.717) is 25.3 Å². The van der Waals surface area contributed by atoms with Gasteiger partial charge in [0.15, 0.2) is 0 Å². The molecular formula is C23H32N5O3+. The molecule has 0 spiro atoms. The zero-order valence-corrected chi connectivity index (χ0v) is 18.0. The van der Waals surface area contributed by atoms with Gasteiger partial charge in [-0.2, -0.15) is 0 Å². The predicted molar refractivity (Wildman–Crippen MR) is 117 cm³/mol. The molecule has 0 atom stereocenters. The van der Waals surface area contributed by atoms with Gasteiger partial charge < -0.3 is 19.9 Å². The molecule has 0 unspecified atom stereocenters. The number of morpholine rings is 1. The average Bonchev–Trinajstić information content (AvgIpc) is 2.83. The van der Waals surface area contributed by atoms with Gasteiger partial charge in [-0.05, 0) is 12.0 Å². The molecule has 0 saturated carbocycles. The Hall–Kier alpha value is -2.84. The van der Waals surface area contributed by atoms with Crippen molar-refractivity contribution in [3.63, 3.8) is 0 Å². The summed E-state index contributed by atoms with van der Waals surface area (Å²) in [6, 6.07) is 10.1. The first-order valence-electron chi connectivity index (χ1n) is 11.0. The number of hydrogen-bond acceptors (Lipinski definition) is 5. The Labute approximate surface area is 183 Å². The summed E-state index contributed by atoms with van der Waals surface area (Å²) < 4.78 is 5.40. The normalized spacial score (nSPS) is 14.2. The first kappa shape index (κ1) is 22.8. The second kappa shape index (κ2) is 12.8. The molecule has 1 aliphatic heterocycles. The molecule has 1 saturated heterocycles. The number of nitrogens with zero attached hydrogens (tertiary/aromatic N) is 3. The lowest BCUT2D eigenvalue weighted by atomic mass is 10.1. The molecule has 0 aliphatic carbocycles. The summed E-state index contributed by atoms with van der Waals surface area (Å²) in [6.45, 7) is 6.12. The minimum Gasteiger partial charge on any atom is -0.370 e. The molecule has 2 amide bonds. The Bertz CT molecular complexity index is 797. The van der Waals surface area contributed by atoms with Crippen molar-refractivity contribution in [1.29, 1.82) is 0 Å². The van der Waals surface area contributed by atoms with E-state index in [1.807, 2.05) is 30.3 Å². The molecule has 2 N–H and O–H groups in total. The van der Waals surface area contributed by atoms with Crippen LogP contribution in [0.25, 0.3) is 0 Å². The van der Waals surface area contributed by atoms with Crippen molar-refractivity contribution < 1.29 is 19.2 Å². The Balaban J connectivity index is 1.46. The van der Waals surface area contributed by atoms with Gasteiger partial charge in [0, 0.05) is 44.9 Å². The van der Waals surface area contributed by atoms with E-state index in [1.165, 1.54) is 22.9 Å². The minimum absolute atomic E-state index is 0.0494. The lowest BCUT2D eigenvalue weighted by Gasteiger charge is -2.26. The van der Waals surface area contributed by atoms with Crippen molar-refractivity contribution in [2.24, 2.45) is 0 Å². The van der Waals surface area contributed by atoms with Crippen molar-refractivity contribution in [3.8, 4) is 0 Å². The average molecular weight is 427 g/mol. The number of rotatable bonds is 11. The van der Waals surface area contributed by atoms with Crippen molar-refractivity contribution in [3.05, 3.63) is 60.2 Å². The van der Waals surface area contributed by atoms with Crippen LogP contribution in [0.3, 0.4) is 0 Å². The summed E-state index contributed by atoms with van der Waals surface area (Å²) >= 11 is 0. The number of hydrogen-bond donors (Lipinski definition) is 2. The molecule has 1 aliphatic rings. The second-order valence-corrected chi connectivity index (χ2v) is 7.68. The highest BCUT2D eigenvalue weighted by atomic mass is 16.5. The SMILES string of the molecule is O=C(CCN(CCC[NH+]1CCOCC1)C(=O)c1cnccn1)NCCc1ccccc1. The van der Waals surface area contributed by atoms with Gasteiger partial charge in [-0.15, -0.1) is 0 Å². The monoisotopic (exact) mass is 426 g/mol. The van der Waals surface area contributed by atoms with E-state index in [4.69, 9.17) is 4.74 Å². The van der Waals surface area contributed by atoms with E-state index in [9.17, 15) is 9.59 Å². The quantitative estimate of drug-likeness (QED) is 0.527. The number of carbonyl (C=O) groups excluding carboxylic acids is 2. The van der Waals surface area contributed by atoms with E-state index < -0.39 is 0 Å². The minimum atomic E-state index is -0.179. The maximum atomic E-state index is 12.9. The second-order valence-electron chi connectivity index (χ2n) is 7.68. The zero-order valence-electron chi connectivity index (χ0n) is 18.0. The van der Waals surface area contributed by atoms with E-state index in [-0.39, 0.29) is 18.2 Å². The maximum Gasteiger partial charge on any atom is 0.274 e. The fraction of sp³-hybridized carbons (Fsp3) is 0.478. The summed E-state index contributed by atoms with van der Waals surface area (Å²) in [4.78, 5) is 36.6. The lowest BCUT2D eigenvalue weighted by molar-refractivity contribution is -0.908. The van der Waals surface area contributed by atoms with Crippen molar-refractivity contribution in [2.75, 3.05) is 52.5 Å². The van der Waals surface area contributed by atoms with Crippen molar-refractivity contribution in [1.82, 2.24) is 20.2 Å². The van der Waals surface area contributed by atoms with E-state index in [1.54, 1.807) is 11.1 Å². The number of quaternary nitrogens is 1. The number of nitrogens with one attached hydrogen (secondary N) is 2. The van der Waals surface area contributed by atoms with Gasteiger partial charge in [0.05, 0.1) is 26.0 Å². The van der Waals surface area contributed by atoms with Gasteiger partial charge in [-0.1, -0.05) is 30.3 Å². The van der Waals surface area contributed by atoms with E-state index >= 15 is 0 Å². The molecule has 8 nitrogen and oxygen atoms in total. The topological polar surface area (TPSA) is 88.9 Å². The summed E-state index contributed by atoms with van der Waals surface area (Å²) in [6.07, 6.45) is 6.46. The highest BCUT2D eigenvalue weighted by Crippen LogP contribution is 2.03. The highest BCUT2D eigenvalue weighted by molar-refractivity contribution is 5.92. The standard InChI is InChI=1S/C23H31N5O3/c29-22(26-9-7-20-5-2-1-3-6-20)8-14-28(23(30)21-19-24-10-11-25-21)13-4-12-27-15-17-31-18-16-27/h1-3,5-6,10-11,19H,4,7-9,12-18H2,(H,26,29)/p+1. The van der Waals surface area contributed by atoms with E-state index in [2.05, 4.69) is 15.3 Å². The molecule has 2 heterocycles. The molecule has 3 rings (SSSR count). The van der Waals surface area contributed by atoms with Gasteiger partial charge >= 0.3 is 0 Å². The van der Waals surface area contributed by atoms with Crippen LogP contribution >= 0.6 is 0 Å². The summed E-state index contributed by atoms with van der Waals surface area (Å²) in [5.74, 6) is -0.228. The molecule has 1 aromatic carbocycles. The fourth-order valence-electron chi connectivity index (χ4n) is 3.63. The van der Waals surface area contributed by atoms with Crippen LogP contribution < -0.4 is 10.2 Å². The third-order valence-corrected chi connectivity index (χ3v) is 5.42. The maximum absolute atomic E-state index is 12.9. The van der Waals surface area contributed by atoms with Gasteiger partial charge in [0.25, 0.3) is 5.91 Å². The van der Waals surface area contributed by atoms with Gasteiger partial charge in [0.1, 0.15) is 18.8 Å². The first-order valence-corrected chi connectivity index (χ1v) is 11.0. The van der Waals surface area contributed by atoms with Crippen LogP contribution in [0.2, 0.25) is 0 Å². The molecular weight excluding hydrogens is 394 g/mol. The number of ether oxygens (including phenoxy) is 1. The van der Waals surface area contributed by atoms with E-state index in [0.717, 1.165) is 45.7 Å². The van der Waals surface area contributed by atoms with Crippen LogP contribution in [-0.4, -0.2) is 79.2 Å². The molecule has 8 heteroatoms. The smallest absolute Gasteiger partial charge is 0.274 e. The third kappa shape index (κ3) is 8.07. The van der Waals surface area contributed by atoms with Gasteiger partial charge in [0.2, 0.25) is 5.91 Å². The van der Waals surface area contributed by atoms with Crippen LogP contribution in [0.5, 0.6) is 0 Å². The molecule has 31 heavy (non-hydrogen) atoms. The summed E-state index contributed by atoms with van der Waals surface area (Å²) in [5, 5.41) is 2.95. The Morgan fingerprint density at radius 1 is 1.10 bits per heavy atom. The molecule has 1 fully saturated rings. The Kier molecular flexibility index (Phi) is 9.40. The Morgan fingerprint density at radius 2 is 1.90 bits per heavy atom. The zero-order chi connectivity index (χ0) is 21.7. The number of carbonyl (C=O) groups is 2. The van der Waals surface area contributed by atoms with Crippen LogP contribution in [0, 0.1) is 0 Å². The molecule has 1 aromatic heterocycles. The molecule has 0 bridgehead atoms. The van der Waals surface area contributed by atoms with Crippen LogP contribution in [0.1, 0.15) is 28.9 Å². The molecule has 2 aromatic rings. The lowest BCUT2D eigenvalue weighted by Crippen LogP contribution is -3.14.